The summed E-state index contributed by atoms with van der Waals surface area (Å²) in [6.07, 6.45) is 4.05. The second-order valence-corrected chi connectivity index (χ2v) is 6.67. The predicted octanol–water partition coefficient (Wildman–Crippen LogP) is 1.04. The van der Waals surface area contributed by atoms with Crippen molar-refractivity contribution in [2.75, 3.05) is 73.0 Å². The third-order valence-corrected chi connectivity index (χ3v) is 5.13. The average Bonchev–Trinajstić information content (AvgIpc) is 2.66. The van der Waals surface area contributed by atoms with Crippen molar-refractivity contribution in [3.63, 3.8) is 0 Å². The smallest absolute Gasteiger partial charge is 0.0221 e. The monoisotopic (exact) mass is 282 g/mol. The van der Waals surface area contributed by atoms with Crippen LogP contribution in [0.15, 0.2) is 0 Å². The molecular formula is C16H34N4. The van der Waals surface area contributed by atoms with Crippen LogP contribution in [0, 0.1) is 0 Å². The summed E-state index contributed by atoms with van der Waals surface area (Å²) in [4.78, 5) is 10.3. The Morgan fingerprint density at radius 3 is 2.50 bits per heavy atom. The van der Waals surface area contributed by atoms with Crippen LogP contribution in [-0.2, 0) is 0 Å². The van der Waals surface area contributed by atoms with E-state index < -0.39 is 0 Å². The molecule has 1 atom stereocenters. The molecule has 0 N–H and O–H groups in total. The molecule has 0 aromatic heterocycles. The second-order valence-electron chi connectivity index (χ2n) is 6.67. The molecule has 4 nitrogen and oxygen atoms in total. The summed E-state index contributed by atoms with van der Waals surface area (Å²) in [6, 6.07) is 0.776. The molecule has 2 fully saturated rings. The normalized spacial score (nSPS) is 28.6. The van der Waals surface area contributed by atoms with E-state index in [4.69, 9.17) is 0 Å². The topological polar surface area (TPSA) is 13.0 Å². The molecule has 0 saturated carbocycles. The van der Waals surface area contributed by atoms with Crippen molar-refractivity contribution in [1.82, 2.24) is 19.6 Å². The van der Waals surface area contributed by atoms with Crippen LogP contribution in [0.1, 0.15) is 26.2 Å². The van der Waals surface area contributed by atoms with Gasteiger partial charge >= 0.3 is 0 Å². The van der Waals surface area contributed by atoms with Crippen molar-refractivity contribution in [3.8, 4) is 0 Å². The molecule has 4 heteroatoms. The fraction of sp³-hybridized carbons (Fsp3) is 1.00. The van der Waals surface area contributed by atoms with Gasteiger partial charge < -0.3 is 19.6 Å². The number of likely N-dealkylation sites (N-methyl/N-ethyl adjacent to an activating group) is 3. The molecule has 0 aromatic rings. The van der Waals surface area contributed by atoms with Gasteiger partial charge in [-0.15, -0.1) is 0 Å². The lowest BCUT2D eigenvalue weighted by atomic mass is 10.1. The maximum absolute atomic E-state index is 2.67. The van der Waals surface area contributed by atoms with E-state index in [0.717, 1.165) is 6.04 Å². The molecule has 2 rings (SSSR count). The maximum Gasteiger partial charge on any atom is 0.0221 e. The minimum atomic E-state index is 0.776. The van der Waals surface area contributed by atoms with Crippen molar-refractivity contribution >= 4 is 0 Å². The first-order valence-electron chi connectivity index (χ1n) is 8.52. The van der Waals surface area contributed by atoms with Gasteiger partial charge in [0.25, 0.3) is 0 Å². The van der Waals surface area contributed by atoms with Crippen LogP contribution >= 0.6 is 0 Å². The summed E-state index contributed by atoms with van der Waals surface area (Å²) >= 11 is 0. The van der Waals surface area contributed by atoms with Crippen LogP contribution in [0.4, 0.5) is 0 Å². The highest BCUT2D eigenvalue weighted by Crippen LogP contribution is 2.13. The van der Waals surface area contributed by atoms with Gasteiger partial charge in [0.05, 0.1) is 0 Å². The summed E-state index contributed by atoms with van der Waals surface area (Å²) in [5.74, 6) is 0. The van der Waals surface area contributed by atoms with Crippen molar-refractivity contribution < 1.29 is 0 Å². The third-order valence-electron chi connectivity index (χ3n) is 5.13. The summed E-state index contributed by atoms with van der Waals surface area (Å²) in [5.41, 5.74) is 0. The van der Waals surface area contributed by atoms with Crippen LogP contribution in [-0.4, -0.2) is 98.6 Å². The number of hydrogen-bond donors (Lipinski definition) is 0. The first-order valence-corrected chi connectivity index (χ1v) is 8.52. The molecule has 20 heavy (non-hydrogen) atoms. The molecule has 0 spiro atoms. The minimum absolute atomic E-state index is 0.776. The van der Waals surface area contributed by atoms with Gasteiger partial charge in [-0.2, -0.15) is 0 Å². The van der Waals surface area contributed by atoms with E-state index in [0.29, 0.717) is 0 Å². The summed E-state index contributed by atoms with van der Waals surface area (Å²) in [7, 11) is 4.55. The molecule has 0 aliphatic carbocycles. The number of piperazine rings is 1. The van der Waals surface area contributed by atoms with Crippen LogP contribution < -0.4 is 0 Å². The van der Waals surface area contributed by atoms with Gasteiger partial charge in [-0.3, -0.25) is 0 Å². The Morgan fingerprint density at radius 2 is 1.70 bits per heavy atom. The Balaban J connectivity index is 1.66. The lowest BCUT2D eigenvalue weighted by Crippen LogP contribution is -2.51. The highest BCUT2D eigenvalue weighted by Gasteiger charge is 2.23. The zero-order valence-electron chi connectivity index (χ0n) is 13.9. The maximum atomic E-state index is 2.67. The Bertz CT molecular complexity index is 271. The first kappa shape index (κ1) is 16.2. The van der Waals surface area contributed by atoms with E-state index in [2.05, 4.69) is 40.6 Å². The largest absolute Gasteiger partial charge is 0.305 e. The fourth-order valence-corrected chi connectivity index (χ4v) is 3.48. The molecule has 2 saturated heterocycles. The van der Waals surface area contributed by atoms with Gasteiger partial charge in [0, 0.05) is 38.8 Å². The van der Waals surface area contributed by atoms with Crippen LogP contribution in [0.2, 0.25) is 0 Å². The Morgan fingerprint density at radius 1 is 0.900 bits per heavy atom. The van der Waals surface area contributed by atoms with E-state index in [9.17, 15) is 0 Å². The molecule has 2 aliphatic rings. The predicted molar refractivity (Wildman–Crippen MR) is 86.3 cm³/mol. The first-order chi connectivity index (χ1) is 9.69. The molecule has 0 unspecified atom stereocenters. The fourth-order valence-electron chi connectivity index (χ4n) is 3.48. The van der Waals surface area contributed by atoms with Crippen LogP contribution in [0.5, 0.6) is 0 Å². The molecule has 0 aromatic carbocycles. The van der Waals surface area contributed by atoms with Crippen molar-refractivity contribution in [3.05, 3.63) is 0 Å². The summed E-state index contributed by atoms with van der Waals surface area (Å²) < 4.78 is 0. The standard InChI is InChI=1S/C16H34N4/c1-4-19-14-12-18(3)16(15-19)7-5-9-20-10-6-8-17(2)11-13-20/h16H,4-15H2,1-3H3/t16-/m1/s1. The zero-order valence-corrected chi connectivity index (χ0v) is 13.9. The molecule has 2 heterocycles. The number of nitrogens with zero attached hydrogens (tertiary/aromatic N) is 4. The van der Waals surface area contributed by atoms with Gasteiger partial charge in [-0.25, -0.2) is 0 Å². The molecule has 0 radical (unpaired) electrons. The lowest BCUT2D eigenvalue weighted by Gasteiger charge is -2.39. The summed E-state index contributed by atoms with van der Waals surface area (Å²) in [5, 5.41) is 0. The quantitative estimate of drug-likeness (QED) is 0.747. The van der Waals surface area contributed by atoms with E-state index in [1.54, 1.807) is 0 Å². The second kappa shape index (κ2) is 8.32. The third kappa shape index (κ3) is 4.99. The average molecular weight is 282 g/mol. The Hall–Kier alpha value is -0.160. The highest BCUT2D eigenvalue weighted by atomic mass is 15.3. The van der Waals surface area contributed by atoms with E-state index in [1.807, 2.05) is 0 Å². The van der Waals surface area contributed by atoms with Gasteiger partial charge in [0.15, 0.2) is 0 Å². The van der Waals surface area contributed by atoms with E-state index in [-0.39, 0.29) is 0 Å². The number of rotatable bonds is 5. The zero-order chi connectivity index (χ0) is 14.4. The van der Waals surface area contributed by atoms with Gasteiger partial charge in [-0.1, -0.05) is 6.92 Å². The van der Waals surface area contributed by atoms with Crippen LogP contribution in [0.25, 0.3) is 0 Å². The molecule has 0 amide bonds. The Kier molecular flexibility index (Phi) is 6.75. The van der Waals surface area contributed by atoms with E-state index >= 15 is 0 Å². The molecule has 2 aliphatic heterocycles. The molecule has 0 bridgehead atoms. The van der Waals surface area contributed by atoms with Gasteiger partial charge in [0.1, 0.15) is 0 Å². The highest BCUT2D eigenvalue weighted by molar-refractivity contribution is 4.80. The minimum Gasteiger partial charge on any atom is -0.305 e. The van der Waals surface area contributed by atoms with Crippen molar-refractivity contribution in [1.29, 1.82) is 0 Å². The summed E-state index contributed by atoms with van der Waals surface area (Å²) in [6.45, 7) is 13.6. The Labute approximate surface area is 125 Å². The van der Waals surface area contributed by atoms with Crippen molar-refractivity contribution in [2.45, 2.75) is 32.2 Å². The van der Waals surface area contributed by atoms with Gasteiger partial charge in [-0.05, 0) is 59.5 Å². The van der Waals surface area contributed by atoms with Crippen molar-refractivity contribution in [2.24, 2.45) is 0 Å². The lowest BCUT2D eigenvalue weighted by molar-refractivity contribution is 0.0908. The molecular weight excluding hydrogens is 248 g/mol. The SMILES string of the molecule is CCN1CCN(C)[C@H](CCCN2CCCN(C)CC2)C1. The molecule has 118 valence electrons. The van der Waals surface area contributed by atoms with Crippen LogP contribution in [0.3, 0.4) is 0 Å². The van der Waals surface area contributed by atoms with E-state index in [1.165, 1.54) is 78.2 Å². The number of hydrogen-bond acceptors (Lipinski definition) is 4. The van der Waals surface area contributed by atoms with Gasteiger partial charge in [0.2, 0.25) is 0 Å².